The molecule has 0 spiro atoms. The topological polar surface area (TPSA) is 68.9 Å². The SMILES string of the molecule is NC(=NCCc1cccc2ccccc12)Nc1ccc2c(c1)OCCCO2. The molecule has 1 heterocycles. The van der Waals surface area contributed by atoms with E-state index in [9.17, 15) is 0 Å². The van der Waals surface area contributed by atoms with Crippen LogP contribution < -0.4 is 20.5 Å². The molecule has 0 bridgehead atoms. The largest absolute Gasteiger partial charge is 0.490 e. The Morgan fingerprint density at radius 2 is 1.78 bits per heavy atom. The molecule has 0 aliphatic carbocycles. The van der Waals surface area contributed by atoms with Gasteiger partial charge in [-0.05, 0) is 34.9 Å². The number of hydrogen-bond acceptors (Lipinski definition) is 3. The van der Waals surface area contributed by atoms with Gasteiger partial charge in [-0.1, -0.05) is 42.5 Å². The summed E-state index contributed by atoms with van der Waals surface area (Å²) in [6, 6.07) is 20.5. The fraction of sp³-hybridized carbons (Fsp3) is 0.227. The number of rotatable bonds is 4. The number of fused-ring (bicyclic) bond motifs is 2. The van der Waals surface area contributed by atoms with E-state index in [4.69, 9.17) is 15.2 Å². The van der Waals surface area contributed by atoms with E-state index in [1.54, 1.807) is 0 Å². The number of aliphatic imine (C=N–C) groups is 1. The summed E-state index contributed by atoms with van der Waals surface area (Å²) in [5, 5.41) is 5.64. The Balaban J connectivity index is 1.40. The first-order valence-electron chi connectivity index (χ1n) is 9.23. The van der Waals surface area contributed by atoms with Crippen LogP contribution in [0.15, 0.2) is 65.7 Å². The fourth-order valence-electron chi connectivity index (χ4n) is 3.24. The van der Waals surface area contributed by atoms with Crippen LogP contribution in [0.5, 0.6) is 11.5 Å². The molecule has 1 aliphatic heterocycles. The van der Waals surface area contributed by atoms with Gasteiger partial charge in [-0.3, -0.25) is 4.99 Å². The molecule has 0 saturated heterocycles. The quantitative estimate of drug-likeness (QED) is 0.545. The van der Waals surface area contributed by atoms with Crippen molar-refractivity contribution in [3.8, 4) is 11.5 Å². The molecule has 4 rings (SSSR count). The highest BCUT2D eigenvalue weighted by Gasteiger charge is 2.10. The van der Waals surface area contributed by atoms with Crippen LogP contribution in [0.3, 0.4) is 0 Å². The number of benzene rings is 3. The summed E-state index contributed by atoms with van der Waals surface area (Å²) in [7, 11) is 0. The number of ether oxygens (including phenoxy) is 2. The second-order valence-electron chi connectivity index (χ2n) is 6.49. The first-order chi connectivity index (χ1) is 13.3. The van der Waals surface area contributed by atoms with E-state index >= 15 is 0 Å². The highest BCUT2D eigenvalue weighted by molar-refractivity contribution is 5.92. The van der Waals surface area contributed by atoms with Gasteiger partial charge in [0.05, 0.1) is 13.2 Å². The van der Waals surface area contributed by atoms with Crippen LogP contribution >= 0.6 is 0 Å². The summed E-state index contributed by atoms with van der Waals surface area (Å²) in [5.41, 5.74) is 8.17. The molecule has 0 aromatic heterocycles. The van der Waals surface area contributed by atoms with Crippen LogP contribution in [0.1, 0.15) is 12.0 Å². The van der Waals surface area contributed by atoms with Gasteiger partial charge in [-0.15, -0.1) is 0 Å². The lowest BCUT2D eigenvalue weighted by Gasteiger charge is -2.11. The Bertz CT molecular complexity index is 963. The summed E-state index contributed by atoms with van der Waals surface area (Å²) >= 11 is 0. The van der Waals surface area contributed by atoms with Gasteiger partial charge < -0.3 is 20.5 Å². The molecular formula is C22H23N3O2. The van der Waals surface area contributed by atoms with Crippen molar-refractivity contribution < 1.29 is 9.47 Å². The van der Waals surface area contributed by atoms with E-state index in [0.29, 0.717) is 25.7 Å². The Morgan fingerprint density at radius 3 is 2.70 bits per heavy atom. The highest BCUT2D eigenvalue weighted by Crippen LogP contribution is 2.32. The third kappa shape index (κ3) is 4.14. The summed E-state index contributed by atoms with van der Waals surface area (Å²) < 4.78 is 11.3. The summed E-state index contributed by atoms with van der Waals surface area (Å²) in [6.07, 6.45) is 1.72. The smallest absolute Gasteiger partial charge is 0.193 e. The molecule has 0 atom stereocenters. The van der Waals surface area contributed by atoms with Gasteiger partial charge in [-0.2, -0.15) is 0 Å². The Labute approximate surface area is 158 Å². The molecule has 5 nitrogen and oxygen atoms in total. The van der Waals surface area contributed by atoms with Gasteiger partial charge in [0, 0.05) is 24.7 Å². The lowest BCUT2D eigenvalue weighted by molar-refractivity contribution is 0.297. The van der Waals surface area contributed by atoms with Gasteiger partial charge in [0.1, 0.15) is 0 Å². The first-order valence-corrected chi connectivity index (χ1v) is 9.23. The number of nitrogens with two attached hydrogens (primary N) is 1. The zero-order valence-electron chi connectivity index (χ0n) is 15.2. The minimum Gasteiger partial charge on any atom is -0.490 e. The number of nitrogens with zero attached hydrogens (tertiary/aromatic N) is 1. The lowest BCUT2D eigenvalue weighted by atomic mass is 10.0. The maximum atomic E-state index is 6.06. The van der Waals surface area contributed by atoms with Crippen molar-refractivity contribution in [3.63, 3.8) is 0 Å². The van der Waals surface area contributed by atoms with Crippen molar-refractivity contribution in [2.24, 2.45) is 10.7 Å². The molecule has 3 aromatic carbocycles. The average molecular weight is 361 g/mol. The van der Waals surface area contributed by atoms with Crippen LogP contribution in [-0.4, -0.2) is 25.7 Å². The minimum atomic E-state index is 0.393. The van der Waals surface area contributed by atoms with E-state index in [-0.39, 0.29) is 0 Å². The summed E-state index contributed by atoms with van der Waals surface area (Å²) in [6.45, 7) is 1.96. The van der Waals surface area contributed by atoms with Crippen LogP contribution in [0.25, 0.3) is 10.8 Å². The van der Waals surface area contributed by atoms with Crippen molar-refractivity contribution >= 4 is 22.4 Å². The van der Waals surface area contributed by atoms with Crippen molar-refractivity contribution in [3.05, 3.63) is 66.2 Å². The van der Waals surface area contributed by atoms with E-state index < -0.39 is 0 Å². The molecule has 0 fully saturated rings. The minimum absolute atomic E-state index is 0.393. The fourth-order valence-corrected chi connectivity index (χ4v) is 3.24. The number of guanidine groups is 1. The molecule has 0 amide bonds. The molecular weight excluding hydrogens is 338 g/mol. The van der Waals surface area contributed by atoms with Gasteiger partial charge in [0.15, 0.2) is 17.5 Å². The van der Waals surface area contributed by atoms with E-state index in [1.165, 1.54) is 16.3 Å². The van der Waals surface area contributed by atoms with E-state index in [2.05, 4.69) is 52.8 Å². The lowest BCUT2D eigenvalue weighted by Crippen LogP contribution is -2.23. The maximum absolute atomic E-state index is 6.06. The second-order valence-corrected chi connectivity index (χ2v) is 6.49. The molecule has 138 valence electrons. The number of hydrogen-bond donors (Lipinski definition) is 2. The third-order valence-corrected chi connectivity index (χ3v) is 4.56. The van der Waals surface area contributed by atoms with Crippen LogP contribution in [0.2, 0.25) is 0 Å². The zero-order valence-corrected chi connectivity index (χ0v) is 15.2. The Hall–Kier alpha value is -3.21. The van der Waals surface area contributed by atoms with Crippen molar-refractivity contribution in [2.75, 3.05) is 25.1 Å². The molecule has 3 aromatic rings. The van der Waals surface area contributed by atoms with Crippen LogP contribution in [-0.2, 0) is 6.42 Å². The standard InChI is InChI=1S/C22H23N3O2/c23-22(25-18-9-10-20-21(15-18)27-14-4-13-26-20)24-12-11-17-7-3-6-16-5-1-2-8-19(16)17/h1-3,5-10,15H,4,11-14H2,(H3,23,24,25). The van der Waals surface area contributed by atoms with Gasteiger partial charge >= 0.3 is 0 Å². The van der Waals surface area contributed by atoms with Crippen molar-refractivity contribution in [2.45, 2.75) is 12.8 Å². The predicted molar refractivity (Wildman–Crippen MR) is 110 cm³/mol. The van der Waals surface area contributed by atoms with Crippen LogP contribution in [0.4, 0.5) is 5.69 Å². The second kappa shape index (κ2) is 7.99. The average Bonchev–Trinajstić information content (AvgIpc) is 2.93. The first kappa shape index (κ1) is 17.2. The normalized spacial score (nSPS) is 14.0. The molecule has 0 saturated carbocycles. The van der Waals surface area contributed by atoms with Gasteiger partial charge in [0.25, 0.3) is 0 Å². The van der Waals surface area contributed by atoms with Gasteiger partial charge in [0.2, 0.25) is 0 Å². The van der Waals surface area contributed by atoms with Crippen molar-refractivity contribution in [1.82, 2.24) is 0 Å². The molecule has 1 aliphatic rings. The maximum Gasteiger partial charge on any atom is 0.193 e. The van der Waals surface area contributed by atoms with Crippen LogP contribution in [0, 0.1) is 0 Å². The third-order valence-electron chi connectivity index (χ3n) is 4.56. The predicted octanol–water partition coefficient (Wildman–Crippen LogP) is 3.97. The molecule has 3 N–H and O–H groups in total. The molecule has 5 heteroatoms. The molecule has 27 heavy (non-hydrogen) atoms. The summed E-state index contributed by atoms with van der Waals surface area (Å²) in [5.74, 6) is 1.90. The van der Waals surface area contributed by atoms with Gasteiger partial charge in [-0.25, -0.2) is 0 Å². The van der Waals surface area contributed by atoms with Crippen molar-refractivity contribution in [1.29, 1.82) is 0 Å². The monoisotopic (exact) mass is 361 g/mol. The summed E-state index contributed by atoms with van der Waals surface area (Å²) in [4.78, 5) is 4.46. The zero-order chi connectivity index (χ0) is 18.5. The Morgan fingerprint density at radius 1 is 0.963 bits per heavy atom. The molecule has 0 radical (unpaired) electrons. The Kier molecular flexibility index (Phi) is 5.10. The number of anilines is 1. The number of nitrogens with one attached hydrogen (secondary N) is 1. The van der Waals surface area contributed by atoms with E-state index in [1.807, 2.05) is 18.2 Å². The van der Waals surface area contributed by atoms with E-state index in [0.717, 1.165) is 30.0 Å². The molecule has 0 unspecified atom stereocenters. The highest BCUT2D eigenvalue weighted by atomic mass is 16.5.